The van der Waals surface area contributed by atoms with E-state index in [1.165, 1.54) is 50.6 Å². The Balaban J connectivity index is 1.45. The van der Waals surface area contributed by atoms with Crippen molar-refractivity contribution in [1.82, 2.24) is 10.6 Å². The molecule has 19 heavy (non-hydrogen) atoms. The fraction of sp³-hybridized carbons (Fsp3) is 0.647. The Kier molecular flexibility index (Phi) is 4.52. The predicted molar refractivity (Wildman–Crippen MR) is 80.4 cm³/mol. The highest BCUT2D eigenvalue weighted by Gasteiger charge is 2.19. The predicted octanol–water partition coefficient (Wildman–Crippen LogP) is 3.19. The van der Waals surface area contributed by atoms with Crippen molar-refractivity contribution in [1.29, 1.82) is 0 Å². The Morgan fingerprint density at radius 1 is 1.16 bits per heavy atom. The number of hydrogen-bond donors (Lipinski definition) is 2. The van der Waals surface area contributed by atoms with E-state index < -0.39 is 0 Å². The molecular formula is C17H26N2. The SMILES string of the molecule is c1ccc2c(c1)CNCC2CCCNC1CCCC1. The highest BCUT2D eigenvalue weighted by Crippen LogP contribution is 2.27. The molecule has 0 radical (unpaired) electrons. The summed E-state index contributed by atoms with van der Waals surface area (Å²) in [6, 6.07) is 9.76. The van der Waals surface area contributed by atoms with Crippen molar-refractivity contribution in [2.45, 2.75) is 57.0 Å². The van der Waals surface area contributed by atoms with Crippen LogP contribution in [0.25, 0.3) is 0 Å². The largest absolute Gasteiger partial charge is 0.314 e. The molecule has 0 bridgehead atoms. The Bertz CT molecular complexity index is 396. The van der Waals surface area contributed by atoms with Gasteiger partial charge in [0.05, 0.1) is 0 Å². The Labute approximate surface area is 117 Å². The molecule has 104 valence electrons. The zero-order valence-corrected chi connectivity index (χ0v) is 11.8. The Morgan fingerprint density at radius 2 is 2.00 bits per heavy atom. The highest BCUT2D eigenvalue weighted by atomic mass is 14.9. The second-order valence-corrected chi connectivity index (χ2v) is 6.10. The number of benzene rings is 1. The molecule has 1 fully saturated rings. The van der Waals surface area contributed by atoms with Gasteiger partial charge in [0.15, 0.2) is 0 Å². The molecule has 2 aliphatic rings. The van der Waals surface area contributed by atoms with Gasteiger partial charge in [-0.3, -0.25) is 0 Å². The first-order valence-electron chi connectivity index (χ1n) is 7.95. The van der Waals surface area contributed by atoms with Crippen molar-refractivity contribution < 1.29 is 0 Å². The van der Waals surface area contributed by atoms with Crippen LogP contribution in [0.4, 0.5) is 0 Å². The topological polar surface area (TPSA) is 24.1 Å². The summed E-state index contributed by atoms with van der Waals surface area (Å²) >= 11 is 0. The molecule has 0 spiro atoms. The third-order valence-electron chi connectivity index (χ3n) is 4.72. The lowest BCUT2D eigenvalue weighted by atomic mass is 9.87. The fourth-order valence-corrected chi connectivity index (χ4v) is 3.63. The van der Waals surface area contributed by atoms with Gasteiger partial charge in [0.25, 0.3) is 0 Å². The number of hydrogen-bond acceptors (Lipinski definition) is 2. The van der Waals surface area contributed by atoms with Crippen LogP contribution in [0.2, 0.25) is 0 Å². The van der Waals surface area contributed by atoms with Gasteiger partial charge in [0.2, 0.25) is 0 Å². The number of fused-ring (bicyclic) bond motifs is 1. The van der Waals surface area contributed by atoms with Crippen LogP contribution in [0.1, 0.15) is 55.6 Å². The van der Waals surface area contributed by atoms with E-state index in [-0.39, 0.29) is 0 Å². The summed E-state index contributed by atoms with van der Waals surface area (Å²) < 4.78 is 0. The van der Waals surface area contributed by atoms with Crippen LogP contribution in [0.15, 0.2) is 24.3 Å². The summed E-state index contributed by atoms with van der Waals surface area (Å²) in [5, 5.41) is 7.28. The number of rotatable bonds is 5. The molecule has 1 heterocycles. The van der Waals surface area contributed by atoms with Crippen molar-refractivity contribution >= 4 is 0 Å². The molecule has 0 amide bonds. The van der Waals surface area contributed by atoms with Crippen molar-refractivity contribution in [3.8, 4) is 0 Å². The van der Waals surface area contributed by atoms with Gasteiger partial charge in [-0.15, -0.1) is 0 Å². The van der Waals surface area contributed by atoms with E-state index in [0.29, 0.717) is 0 Å². The standard InChI is InChI=1S/C17H26N2/c1-4-10-17-14(6-1)12-18-13-15(17)7-5-11-19-16-8-2-3-9-16/h1,4,6,10,15-16,18-19H,2-3,5,7-9,11-13H2. The lowest BCUT2D eigenvalue weighted by Crippen LogP contribution is -2.30. The van der Waals surface area contributed by atoms with Gasteiger partial charge in [-0.25, -0.2) is 0 Å². The van der Waals surface area contributed by atoms with Gasteiger partial charge < -0.3 is 10.6 Å². The molecule has 1 saturated carbocycles. The van der Waals surface area contributed by atoms with Crippen molar-refractivity contribution in [2.75, 3.05) is 13.1 Å². The highest BCUT2D eigenvalue weighted by molar-refractivity contribution is 5.32. The molecule has 1 aromatic carbocycles. The molecule has 1 aliphatic carbocycles. The van der Waals surface area contributed by atoms with Gasteiger partial charge in [0.1, 0.15) is 0 Å². The van der Waals surface area contributed by atoms with Crippen LogP contribution in [0, 0.1) is 0 Å². The van der Waals surface area contributed by atoms with Gasteiger partial charge in [-0.1, -0.05) is 37.1 Å². The van der Waals surface area contributed by atoms with E-state index >= 15 is 0 Å². The average Bonchev–Trinajstić information content (AvgIpc) is 2.97. The fourth-order valence-electron chi connectivity index (χ4n) is 3.63. The van der Waals surface area contributed by atoms with Crippen molar-refractivity contribution in [3.63, 3.8) is 0 Å². The quantitative estimate of drug-likeness (QED) is 0.793. The van der Waals surface area contributed by atoms with Crippen LogP contribution < -0.4 is 10.6 Å². The third-order valence-corrected chi connectivity index (χ3v) is 4.72. The van der Waals surface area contributed by atoms with Gasteiger partial charge in [0, 0.05) is 19.1 Å². The molecule has 1 unspecified atom stereocenters. The van der Waals surface area contributed by atoms with Crippen LogP contribution >= 0.6 is 0 Å². The van der Waals surface area contributed by atoms with E-state index in [9.17, 15) is 0 Å². The molecule has 0 aromatic heterocycles. The lowest BCUT2D eigenvalue weighted by molar-refractivity contribution is 0.463. The maximum atomic E-state index is 3.72. The van der Waals surface area contributed by atoms with Gasteiger partial charge in [-0.05, 0) is 49.3 Å². The zero-order chi connectivity index (χ0) is 12.9. The normalized spacial score (nSPS) is 23.5. The Hall–Kier alpha value is -0.860. The van der Waals surface area contributed by atoms with E-state index in [2.05, 4.69) is 34.9 Å². The van der Waals surface area contributed by atoms with E-state index in [1.54, 1.807) is 5.56 Å². The molecular weight excluding hydrogens is 232 g/mol. The first kappa shape index (κ1) is 13.1. The zero-order valence-electron chi connectivity index (χ0n) is 11.8. The first-order chi connectivity index (χ1) is 9.43. The second-order valence-electron chi connectivity index (χ2n) is 6.10. The van der Waals surface area contributed by atoms with Crippen LogP contribution in [-0.4, -0.2) is 19.1 Å². The summed E-state index contributed by atoms with van der Waals surface area (Å²) in [6.07, 6.45) is 8.26. The monoisotopic (exact) mass is 258 g/mol. The van der Waals surface area contributed by atoms with Crippen LogP contribution in [0.5, 0.6) is 0 Å². The molecule has 1 aromatic rings. The number of nitrogens with one attached hydrogen (secondary N) is 2. The maximum Gasteiger partial charge on any atom is 0.0208 e. The lowest BCUT2D eigenvalue weighted by Gasteiger charge is -2.26. The van der Waals surface area contributed by atoms with E-state index in [1.807, 2.05) is 0 Å². The van der Waals surface area contributed by atoms with Crippen molar-refractivity contribution in [2.24, 2.45) is 0 Å². The summed E-state index contributed by atoms with van der Waals surface area (Å²) in [4.78, 5) is 0. The molecule has 1 aliphatic heterocycles. The third kappa shape index (κ3) is 3.37. The average molecular weight is 258 g/mol. The molecule has 0 saturated heterocycles. The molecule has 2 N–H and O–H groups in total. The summed E-state index contributed by atoms with van der Waals surface area (Å²) in [5.74, 6) is 0.718. The molecule has 2 heteroatoms. The van der Waals surface area contributed by atoms with Gasteiger partial charge in [-0.2, -0.15) is 0 Å². The van der Waals surface area contributed by atoms with E-state index in [4.69, 9.17) is 0 Å². The minimum absolute atomic E-state index is 0.718. The second kappa shape index (κ2) is 6.53. The molecule has 2 nitrogen and oxygen atoms in total. The maximum absolute atomic E-state index is 3.72. The molecule has 1 atom stereocenters. The van der Waals surface area contributed by atoms with E-state index in [0.717, 1.165) is 25.0 Å². The molecule has 3 rings (SSSR count). The minimum Gasteiger partial charge on any atom is -0.314 e. The minimum atomic E-state index is 0.718. The summed E-state index contributed by atoms with van der Waals surface area (Å²) in [6.45, 7) is 3.40. The first-order valence-corrected chi connectivity index (χ1v) is 7.95. The van der Waals surface area contributed by atoms with Crippen LogP contribution in [-0.2, 0) is 6.54 Å². The van der Waals surface area contributed by atoms with Gasteiger partial charge >= 0.3 is 0 Å². The Morgan fingerprint density at radius 3 is 2.89 bits per heavy atom. The summed E-state index contributed by atoms with van der Waals surface area (Å²) in [5.41, 5.74) is 3.09. The van der Waals surface area contributed by atoms with Crippen LogP contribution in [0.3, 0.4) is 0 Å². The summed E-state index contributed by atoms with van der Waals surface area (Å²) in [7, 11) is 0. The smallest absolute Gasteiger partial charge is 0.0208 e. The van der Waals surface area contributed by atoms with Crippen molar-refractivity contribution in [3.05, 3.63) is 35.4 Å².